The smallest absolute Gasteiger partial charge is 0.224 e. The third-order valence-corrected chi connectivity index (χ3v) is 4.28. The summed E-state index contributed by atoms with van der Waals surface area (Å²) < 4.78 is 10.5. The molecule has 2 aromatic rings. The Bertz CT molecular complexity index is 712. The fourth-order valence-corrected chi connectivity index (χ4v) is 3.13. The lowest BCUT2D eigenvalue weighted by molar-refractivity contribution is -0.121. The molecule has 1 unspecified atom stereocenters. The monoisotopic (exact) mass is 311 g/mol. The highest BCUT2D eigenvalue weighted by Gasteiger charge is 2.23. The van der Waals surface area contributed by atoms with Crippen molar-refractivity contribution in [3.8, 4) is 11.5 Å². The van der Waals surface area contributed by atoms with Crippen LogP contribution in [-0.4, -0.2) is 20.1 Å². The number of hydrogen-bond acceptors (Lipinski definition) is 3. The van der Waals surface area contributed by atoms with E-state index in [4.69, 9.17) is 9.47 Å². The minimum absolute atomic E-state index is 0.0268. The minimum Gasteiger partial charge on any atom is -0.493 e. The molecule has 0 heterocycles. The molecule has 0 aromatic heterocycles. The highest BCUT2D eigenvalue weighted by atomic mass is 16.5. The predicted octanol–water partition coefficient (Wildman–Crippen LogP) is 3.05. The van der Waals surface area contributed by atoms with Gasteiger partial charge in [-0.1, -0.05) is 30.3 Å². The van der Waals surface area contributed by atoms with Crippen LogP contribution in [0.5, 0.6) is 11.5 Å². The van der Waals surface area contributed by atoms with E-state index in [9.17, 15) is 4.79 Å². The van der Waals surface area contributed by atoms with Crippen LogP contribution in [0.4, 0.5) is 0 Å². The molecular weight excluding hydrogens is 290 g/mol. The lowest BCUT2D eigenvalue weighted by Gasteiger charge is -2.15. The summed E-state index contributed by atoms with van der Waals surface area (Å²) in [6.07, 6.45) is 2.33. The van der Waals surface area contributed by atoms with Gasteiger partial charge >= 0.3 is 0 Å². The lowest BCUT2D eigenvalue weighted by atomic mass is 10.1. The molecule has 1 atom stereocenters. The zero-order chi connectivity index (χ0) is 16.2. The van der Waals surface area contributed by atoms with Crippen LogP contribution in [-0.2, 0) is 17.6 Å². The Hall–Kier alpha value is -2.49. The molecule has 4 heteroatoms. The molecular formula is C19H21NO3. The van der Waals surface area contributed by atoms with Crippen LogP contribution in [0, 0.1) is 0 Å². The summed E-state index contributed by atoms with van der Waals surface area (Å²) in [5, 5.41) is 3.14. The van der Waals surface area contributed by atoms with Crippen molar-refractivity contribution in [3.63, 3.8) is 0 Å². The maximum Gasteiger partial charge on any atom is 0.224 e. The van der Waals surface area contributed by atoms with Gasteiger partial charge in [-0.2, -0.15) is 0 Å². The van der Waals surface area contributed by atoms with Crippen molar-refractivity contribution in [2.75, 3.05) is 14.2 Å². The number of methoxy groups -OCH3 is 2. The Kier molecular flexibility index (Phi) is 4.51. The van der Waals surface area contributed by atoms with Crippen LogP contribution >= 0.6 is 0 Å². The molecule has 0 saturated heterocycles. The summed E-state index contributed by atoms with van der Waals surface area (Å²) in [5.74, 6) is 1.34. The predicted molar refractivity (Wildman–Crippen MR) is 88.9 cm³/mol. The van der Waals surface area contributed by atoms with Crippen LogP contribution in [0.25, 0.3) is 0 Å². The zero-order valence-corrected chi connectivity index (χ0v) is 13.5. The SMILES string of the molecule is COc1ccc(CC(=O)NC2CCc3ccccc32)cc1OC. The Morgan fingerprint density at radius 3 is 2.70 bits per heavy atom. The number of hydrogen-bond donors (Lipinski definition) is 1. The van der Waals surface area contributed by atoms with Gasteiger partial charge in [-0.05, 0) is 41.7 Å². The van der Waals surface area contributed by atoms with Crippen molar-refractivity contribution in [3.05, 3.63) is 59.2 Å². The fraction of sp³-hybridized carbons (Fsp3) is 0.316. The number of benzene rings is 2. The van der Waals surface area contributed by atoms with Crippen LogP contribution < -0.4 is 14.8 Å². The van der Waals surface area contributed by atoms with Crippen LogP contribution in [0.2, 0.25) is 0 Å². The molecule has 2 aromatic carbocycles. The molecule has 1 amide bonds. The van der Waals surface area contributed by atoms with E-state index in [-0.39, 0.29) is 11.9 Å². The molecule has 1 N–H and O–H groups in total. The van der Waals surface area contributed by atoms with E-state index >= 15 is 0 Å². The number of fused-ring (bicyclic) bond motifs is 1. The molecule has 3 rings (SSSR count). The highest BCUT2D eigenvalue weighted by Crippen LogP contribution is 2.31. The first-order valence-corrected chi connectivity index (χ1v) is 7.79. The molecule has 0 fully saturated rings. The third kappa shape index (κ3) is 3.31. The van der Waals surface area contributed by atoms with Crippen molar-refractivity contribution >= 4 is 5.91 Å². The van der Waals surface area contributed by atoms with E-state index in [1.165, 1.54) is 11.1 Å². The van der Waals surface area contributed by atoms with Crippen LogP contribution in [0.3, 0.4) is 0 Å². The van der Waals surface area contributed by atoms with E-state index in [1.54, 1.807) is 14.2 Å². The summed E-state index contributed by atoms with van der Waals surface area (Å²) in [6, 6.07) is 14.0. The van der Waals surface area contributed by atoms with Gasteiger partial charge in [0.05, 0.1) is 26.7 Å². The molecule has 0 spiro atoms. The van der Waals surface area contributed by atoms with E-state index in [0.29, 0.717) is 17.9 Å². The quantitative estimate of drug-likeness (QED) is 0.923. The Morgan fingerprint density at radius 1 is 1.13 bits per heavy atom. The molecule has 4 nitrogen and oxygen atoms in total. The average molecular weight is 311 g/mol. The standard InChI is InChI=1S/C19H21NO3/c1-22-17-10-7-13(11-18(17)23-2)12-19(21)20-16-9-8-14-5-3-4-6-15(14)16/h3-7,10-11,16H,8-9,12H2,1-2H3,(H,20,21). The van der Waals surface area contributed by atoms with Gasteiger partial charge < -0.3 is 14.8 Å². The first-order chi connectivity index (χ1) is 11.2. The first kappa shape index (κ1) is 15.4. The molecule has 1 aliphatic rings. The average Bonchev–Trinajstić information content (AvgIpc) is 2.97. The molecule has 1 aliphatic carbocycles. The highest BCUT2D eigenvalue weighted by molar-refractivity contribution is 5.79. The van der Waals surface area contributed by atoms with Crippen molar-refractivity contribution in [2.24, 2.45) is 0 Å². The van der Waals surface area contributed by atoms with Gasteiger partial charge in [-0.15, -0.1) is 0 Å². The van der Waals surface area contributed by atoms with Crippen molar-refractivity contribution in [2.45, 2.75) is 25.3 Å². The summed E-state index contributed by atoms with van der Waals surface area (Å²) in [5.41, 5.74) is 3.49. The van der Waals surface area contributed by atoms with E-state index in [0.717, 1.165) is 18.4 Å². The second kappa shape index (κ2) is 6.73. The van der Waals surface area contributed by atoms with Gasteiger partial charge in [0.25, 0.3) is 0 Å². The fourth-order valence-electron chi connectivity index (χ4n) is 3.13. The first-order valence-electron chi connectivity index (χ1n) is 7.79. The summed E-state index contributed by atoms with van der Waals surface area (Å²) >= 11 is 0. The lowest BCUT2D eigenvalue weighted by Crippen LogP contribution is -2.28. The minimum atomic E-state index is 0.0268. The second-order valence-electron chi connectivity index (χ2n) is 5.72. The van der Waals surface area contributed by atoms with Crippen molar-refractivity contribution < 1.29 is 14.3 Å². The number of aryl methyl sites for hydroxylation is 1. The largest absolute Gasteiger partial charge is 0.493 e. The number of nitrogens with one attached hydrogen (secondary N) is 1. The topological polar surface area (TPSA) is 47.6 Å². The normalized spacial score (nSPS) is 15.8. The van der Waals surface area contributed by atoms with Crippen LogP contribution in [0.15, 0.2) is 42.5 Å². The van der Waals surface area contributed by atoms with Gasteiger partial charge in [0, 0.05) is 0 Å². The number of rotatable bonds is 5. The Labute approximate surface area is 136 Å². The summed E-state index contributed by atoms with van der Waals surface area (Å²) in [6.45, 7) is 0. The van der Waals surface area contributed by atoms with Gasteiger partial charge in [0.1, 0.15) is 0 Å². The molecule has 0 radical (unpaired) electrons. The third-order valence-electron chi connectivity index (χ3n) is 4.28. The number of carbonyl (C=O) groups is 1. The van der Waals surface area contributed by atoms with Crippen molar-refractivity contribution in [1.82, 2.24) is 5.32 Å². The molecule has 0 saturated carbocycles. The molecule has 120 valence electrons. The number of ether oxygens (including phenoxy) is 2. The van der Waals surface area contributed by atoms with Gasteiger partial charge in [0.2, 0.25) is 5.91 Å². The van der Waals surface area contributed by atoms with E-state index in [2.05, 4.69) is 17.4 Å². The Balaban J connectivity index is 1.66. The second-order valence-corrected chi connectivity index (χ2v) is 5.72. The number of amides is 1. The maximum absolute atomic E-state index is 12.3. The van der Waals surface area contributed by atoms with Gasteiger partial charge in [-0.3, -0.25) is 4.79 Å². The van der Waals surface area contributed by atoms with Crippen molar-refractivity contribution in [1.29, 1.82) is 0 Å². The zero-order valence-electron chi connectivity index (χ0n) is 13.5. The number of carbonyl (C=O) groups excluding carboxylic acids is 1. The van der Waals surface area contributed by atoms with Crippen LogP contribution in [0.1, 0.15) is 29.2 Å². The Morgan fingerprint density at radius 2 is 1.91 bits per heavy atom. The van der Waals surface area contributed by atoms with E-state index < -0.39 is 0 Å². The summed E-state index contributed by atoms with van der Waals surface area (Å²) in [4.78, 5) is 12.3. The van der Waals surface area contributed by atoms with E-state index in [1.807, 2.05) is 30.3 Å². The maximum atomic E-state index is 12.3. The molecule has 0 bridgehead atoms. The summed E-state index contributed by atoms with van der Waals surface area (Å²) in [7, 11) is 3.19. The molecule has 23 heavy (non-hydrogen) atoms. The van der Waals surface area contributed by atoms with Gasteiger partial charge in [-0.25, -0.2) is 0 Å². The van der Waals surface area contributed by atoms with Gasteiger partial charge in [0.15, 0.2) is 11.5 Å². The molecule has 0 aliphatic heterocycles.